The summed E-state index contributed by atoms with van der Waals surface area (Å²) >= 11 is 0. The number of carbonyl (C=O) groups excluding carboxylic acids is 3. The Morgan fingerprint density at radius 2 is 1.70 bits per heavy atom. The first-order valence-electron chi connectivity index (χ1n) is 12.1. The van der Waals surface area contributed by atoms with E-state index in [0.717, 1.165) is 30.4 Å². The number of ether oxygens (including phenoxy) is 2. The van der Waals surface area contributed by atoms with Gasteiger partial charge < -0.3 is 9.47 Å². The fourth-order valence-electron chi connectivity index (χ4n) is 5.15. The van der Waals surface area contributed by atoms with Crippen LogP contribution in [0.3, 0.4) is 0 Å². The summed E-state index contributed by atoms with van der Waals surface area (Å²) in [6.45, 7) is 2.12. The van der Waals surface area contributed by atoms with Crippen molar-refractivity contribution in [1.29, 1.82) is 0 Å². The van der Waals surface area contributed by atoms with Crippen molar-refractivity contribution in [3.8, 4) is 11.1 Å². The molecule has 0 radical (unpaired) electrons. The Balaban J connectivity index is 1.39. The van der Waals surface area contributed by atoms with Crippen LogP contribution in [0.4, 0.5) is 0 Å². The van der Waals surface area contributed by atoms with E-state index >= 15 is 0 Å². The van der Waals surface area contributed by atoms with Gasteiger partial charge in [0.05, 0.1) is 12.0 Å². The normalized spacial score (nSPS) is 23.7. The van der Waals surface area contributed by atoms with Crippen molar-refractivity contribution in [1.82, 2.24) is 0 Å². The Bertz CT molecular complexity index is 966. The summed E-state index contributed by atoms with van der Waals surface area (Å²) in [7, 11) is 0. The van der Waals surface area contributed by atoms with Crippen LogP contribution in [0.5, 0.6) is 0 Å². The van der Waals surface area contributed by atoms with Crippen LogP contribution in [0.15, 0.2) is 54.6 Å². The third-order valence-electron chi connectivity index (χ3n) is 6.96. The number of hydrogen-bond acceptors (Lipinski definition) is 5. The lowest BCUT2D eigenvalue weighted by atomic mass is 9.87. The Kier molecular flexibility index (Phi) is 7.58. The van der Waals surface area contributed by atoms with E-state index < -0.39 is 0 Å². The first-order valence-corrected chi connectivity index (χ1v) is 12.1. The Hall–Kier alpha value is -2.95. The average Bonchev–Trinajstić information content (AvgIpc) is 3.33. The smallest absolute Gasteiger partial charge is 0.338 e. The molecule has 1 aliphatic heterocycles. The quantitative estimate of drug-likeness (QED) is 0.341. The highest BCUT2D eigenvalue weighted by atomic mass is 16.6. The van der Waals surface area contributed by atoms with Crippen LogP contribution in [0, 0.1) is 11.8 Å². The Morgan fingerprint density at radius 1 is 0.970 bits per heavy atom. The Morgan fingerprint density at radius 3 is 2.42 bits per heavy atom. The molecule has 33 heavy (non-hydrogen) atoms. The molecule has 2 fully saturated rings. The van der Waals surface area contributed by atoms with Crippen LogP contribution < -0.4 is 0 Å². The molecule has 1 aliphatic carbocycles. The average molecular weight is 449 g/mol. The molecule has 4 atom stereocenters. The van der Waals surface area contributed by atoms with Gasteiger partial charge in [-0.25, -0.2) is 4.79 Å². The number of carbonyl (C=O) groups is 3. The maximum atomic E-state index is 12.9. The van der Waals surface area contributed by atoms with Crippen molar-refractivity contribution >= 4 is 17.7 Å². The van der Waals surface area contributed by atoms with E-state index in [-0.39, 0.29) is 41.8 Å². The lowest BCUT2D eigenvalue weighted by Gasteiger charge is -2.23. The summed E-state index contributed by atoms with van der Waals surface area (Å²) in [6, 6.07) is 17.4. The topological polar surface area (TPSA) is 69.7 Å². The number of Topliss-reactive ketones (excluding diaryl/α,β-unsaturated/α-hetero) is 1. The van der Waals surface area contributed by atoms with E-state index in [1.54, 1.807) is 12.1 Å². The van der Waals surface area contributed by atoms with E-state index in [9.17, 15) is 14.4 Å². The van der Waals surface area contributed by atoms with Crippen LogP contribution >= 0.6 is 0 Å². The van der Waals surface area contributed by atoms with Gasteiger partial charge in [-0.1, -0.05) is 62.2 Å². The van der Waals surface area contributed by atoms with E-state index in [1.165, 1.54) is 0 Å². The minimum Gasteiger partial charge on any atom is -0.462 e. The van der Waals surface area contributed by atoms with Gasteiger partial charge in [-0.3, -0.25) is 9.59 Å². The van der Waals surface area contributed by atoms with Gasteiger partial charge in [-0.2, -0.15) is 0 Å². The fourth-order valence-corrected chi connectivity index (χ4v) is 5.15. The molecule has 0 bridgehead atoms. The standard InChI is InChI=1S/C28H32O5/c1-2-3-5-10-22(29)15-16-23-24-17-27(30)32-26(24)18-25(23)33-28(31)21-13-11-20(12-14-21)19-8-6-4-7-9-19/h4,6-9,11-14,23-26H,2-3,5,10,15-18H2,1H3/t23-,24-,25-,26+/m1/s1. The second-order valence-electron chi connectivity index (χ2n) is 9.22. The summed E-state index contributed by atoms with van der Waals surface area (Å²) < 4.78 is 11.4. The van der Waals surface area contributed by atoms with Crippen molar-refractivity contribution < 1.29 is 23.9 Å². The fraction of sp³-hybridized carbons (Fsp3) is 0.464. The molecule has 174 valence electrons. The highest BCUT2D eigenvalue weighted by molar-refractivity contribution is 5.90. The molecule has 0 N–H and O–H groups in total. The molecule has 5 nitrogen and oxygen atoms in total. The van der Waals surface area contributed by atoms with Gasteiger partial charge in [0.1, 0.15) is 18.0 Å². The molecule has 2 aromatic carbocycles. The summed E-state index contributed by atoms with van der Waals surface area (Å²) in [6.07, 6.45) is 5.08. The zero-order valence-corrected chi connectivity index (χ0v) is 19.2. The maximum Gasteiger partial charge on any atom is 0.338 e. The molecule has 0 spiro atoms. The van der Waals surface area contributed by atoms with Crippen molar-refractivity contribution in [2.45, 2.75) is 70.5 Å². The van der Waals surface area contributed by atoms with Gasteiger partial charge in [0.2, 0.25) is 0 Å². The molecular formula is C28H32O5. The highest BCUT2D eigenvalue weighted by Crippen LogP contribution is 2.45. The van der Waals surface area contributed by atoms with E-state index in [0.29, 0.717) is 37.7 Å². The number of ketones is 1. The van der Waals surface area contributed by atoms with Gasteiger partial charge in [-0.05, 0) is 36.1 Å². The van der Waals surface area contributed by atoms with E-state index in [1.807, 2.05) is 42.5 Å². The number of fused-ring (bicyclic) bond motifs is 1. The number of hydrogen-bond donors (Lipinski definition) is 0. The summed E-state index contributed by atoms with van der Waals surface area (Å²) in [5.74, 6) is -0.308. The first kappa shape index (κ1) is 23.2. The molecular weight excluding hydrogens is 416 g/mol. The lowest BCUT2D eigenvalue weighted by Crippen LogP contribution is -2.26. The molecule has 2 aliphatic rings. The second kappa shape index (κ2) is 10.8. The zero-order chi connectivity index (χ0) is 23.2. The number of unbranched alkanes of at least 4 members (excludes halogenated alkanes) is 2. The minimum atomic E-state index is -0.370. The van der Waals surface area contributed by atoms with Crippen molar-refractivity contribution in [3.05, 3.63) is 60.2 Å². The number of esters is 2. The minimum absolute atomic E-state index is 0.0240. The molecule has 0 aromatic heterocycles. The van der Waals surface area contributed by atoms with Gasteiger partial charge >= 0.3 is 11.9 Å². The van der Waals surface area contributed by atoms with Gasteiger partial charge in [-0.15, -0.1) is 0 Å². The monoisotopic (exact) mass is 448 g/mol. The van der Waals surface area contributed by atoms with Crippen molar-refractivity contribution in [3.63, 3.8) is 0 Å². The summed E-state index contributed by atoms with van der Waals surface area (Å²) in [5.41, 5.74) is 2.62. The molecule has 1 heterocycles. The molecule has 2 aromatic rings. The maximum absolute atomic E-state index is 12.9. The second-order valence-corrected chi connectivity index (χ2v) is 9.22. The van der Waals surface area contributed by atoms with E-state index in [2.05, 4.69) is 6.92 Å². The summed E-state index contributed by atoms with van der Waals surface area (Å²) in [5, 5.41) is 0. The predicted molar refractivity (Wildman–Crippen MR) is 126 cm³/mol. The first-order chi connectivity index (χ1) is 16.0. The molecule has 1 saturated heterocycles. The van der Waals surface area contributed by atoms with Crippen molar-refractivity contribution in [2.75, 3.05) is 0 Å². The van der Waals surface area contributed by atoms with Crippen molar-refractivity contribution in [2.24, 2.45) is 11.8 Å². The van der Waals surface area contributed by atoms with Gasteiger partial charge in [0, 0.05) is 31.1 Å². The Labute approximate surface area is 195 Å². The van der Waals surface area contributed by atoms with Crippen LogP contribution in [-0.2, 0) is 19.1 Å². The van der Waals surface area contributed by atoms with Crippen LogP contribution in [0.1, 0.15) is 68.6 Å². The third kappa shape index (κ3) is 5.70. The molecule has 0 amide bonds. The SMILES string of the molecule is CCCCCC(=O)CC[C@@H]1[C@H]2CC(=O)O[C@H]2C[C@H]1OC(=O)c1ccc(-c2ccccc2)cc1. The third-order valence-corrected chi connectivity index (χ3v) is 6.96. The van der Waals surface area contributed by atoms with Gasteiger partial charge in [0.15, 0.2) is 0 Å². The molecule has 0 unspecified atom stereocenters. The van der Waals surface area contributed by atoms with Crippen LogP contribution in [-0.4, -0.2) is 29.9 Å². The molecule has 5 heteroatoms. The predicted octanol–water partition coefficient (Wildman–Crippen LogP) is 5.76. The molecule has 4 rings (SSSR count). The van der Waals surface area contributed by atoms with Crippen LogP contribution in [0.25, 0.3) is 11.1 Å². The number of benzene rings is 2. The summed E-state index contributed by atoms with van der Waals surface area (Å²) in [4.78, 5) is 37.0. The molecule has 1 saturated carbocycles. The number of rotatable bonds is 10. The largest absolute Gasteiger partial charge is 0.462 e. The van der Waals surface area contributed by atoms with Crippen LogP contribution in [0.2, 0.25) is 0 Å². The van der Waals surface area contributed by atoms with E-state index in [4.69, 9.17) is 9.47 Å². The van der Waals surface area contributed by atoms with Gasteiger partial charge in [0.25, 0.3) is 0 Å². The lowest BCUT2D eigenvalue weighted by molar-refractivity contribution is -0.141. The zero-order valence-electron chi connectivity index (χ0n) is 19.2. The highest BCUT2D eigenvalue weighted by Gasteiger charge is 2.51.